The molecule has 36 heavy (non-hydrogen) atoms. The van der Waals surface area contributed by atoms with Crippen molar-refractivity contribution in [2.45, 2.75) is 49.6 Å². The number of nitrogens with zero attached hydrogens (tertiary/aromatic N) is 4. The second-order valence-electron chi connectivity index (χ2n) is 8.94. The van der Waals surface area contributed by atoms with E-state index in [1.54, 1.807) is 37.4 Å². The summed E-state index contributed by atoms with van der Waals surface area (Å²) in [6.45, 7) is 1.88. The number of aromatic nitrogens is 4. The molecule has 1 aliphatic carbocycles. The van der Waals surface area contributed by atoms with Crippen LogP contribution in [0.2, 0.25) is 5.02 Å². The van der Waals surface area contributed by atoms with Gasteiger partial charge in [-0.15, -0.1) is 0 Å². The van der Waals surface area contributed by atoms with Crippen molar-refractivity contribution in [2.75, 3.05) is 12.4 Å². The Bertz CT molecular complexity index is 1520. The molecular formula is C25H25ClFN5O3S. The van der Waals surface area contributed by atoms with Gasteiger partial charge in [0.2, 0.25) is 0 Å². The van der Waals surface area contributed by atoms with Gasteiger partial charge in [0.1, 0.15) is 0 Å². The van der Waals surface area contributed by atoms with Gasteiger partial charge in [0.05, 0.1) is 22.2 Å². The first-order chi connectivity index (χ1) is 17.3. The lowest BCUT2D eigenvalue weighted by molar-refractivity contribution is 0.0668. The number of fused-ring (bicyclic) bond motifs is 1. The molecule has 8 nitrogen and oxygen atoms in total. The van der Waals surface area contributed by atoms with E-state index in [4.69, 9.17) is 16.3 Å². The summed E-state index contributed by atoms with van der Waals surface area (Å²) in [5.41, 5.74) is 1.48. The van der Waals surface area contributed by atoms with Crippen molar-refractivity contribution in [2.24, 2.45) is 0 Å². The average Bonchev–Trinajstić information content (AvgIpc) is 3.25. The average molecular weight is 530 g/mol. The number of anilines is 1. The van der Waals surface area contributed by atoms with Gasteiger partial charge in [-0.2, -0.15) is 0 Å². The van der Waals surface area contributed by atoms with E-state index < -0.39 is 15.8 Å². The number of pyridine rings is 1. The molecule has 1 saturated carbocycles. The third-order valence-corrected chi connectivity index (χ3v) is 8.31. The van der Waals surface area contributed by atoms with Crippen LogP contribution >= 0.6 is 11.6 Å². The van der Waals surface area contributed by atoms with Crippen LogP contribution in [0.15, 0.2) is 53.8 Å². The van der Waals surface area contributed by atoms with Gasteiger partial charge in [0.25, 0.3) is 10.0 Å². The molecule has 3 aromatic heterocycles. The first kappa shape index (κ1) is 24.6. The molecule has 0 spiro atoms. The fourth-order valence-corrected chi connectivity index (χ4v) is 6.00. The van der Waals surface area contributed by atoms with Crippen LogP contribution in [-0.4, -0.2) is 46.6 Å². The normalized spacial score (nSPS) is 18.4. The zero-order valence-electron chi connectivity index (χ0n) is 19.8. The molecule has 0 saturated heterocycles. The van der Waals surface area contributed by atoms with Gasteiger partial charge in [0, 0.05) is 36.5 Å². The predicted octanol–water partition coefficient (Wildman–Crippen LogP) is 5.20. The van der Waals surface area contributed by atoms with E-state index >= 15 is 0 Å². The number of ether oxygens (including phenoxy) is 1. The molecule has 0 bridgehead atoms. The number of methoxy groups -OCH3 is 1. The van der Waals surface area contributed by atoms with Gasteiger partial charge in [-0.05, 0) is 50.8 Å². The lowest BCUT2D eigenvalue weighted by Gasteiger charge is -2.29. The molecule has 2 atom stereocenters. The molecular weight excluding hydrogens is 505 g/mol. The first-order valence-electron chi connectivity index (χ1n) is 11.6. The second kappa shape index (κ2) is 9.76. The number of halogens is 2. The smallest absolute Gasteiger partial charge is 0.269 e. The van der Waals surface area contributed by atoms with Crippen LogP contribution in [0.3, 0.4) is 0 Å². The molecule has 188 valence electrons. The van der Waals surface area contributed by atoms with E-state index in [2.05, 4.69) is 20.3 Å². The third kappa shape index (κ3) is 4.68. The summed E-state index contributed by atoms with van der Waals surface area (Å²) in [6, 6.07) is 8.14. The highest BCUT2D eigenvalue weighted by atomic mass is 35.5. The highest BCUT2D eigenvalue weighted by Crippen LogP contribution is 2.33. The van der Waals surface area contributed by atoms with E-state index in [1.807, 2.05) is 6.92 Å². The Kier molecular flexibility index (Phi) is 6.67. The minimum atomic E-state index is -3.98. The molecule has 5 rings (SSSR count). The molecule has 1 fully saturated rings. The minimum absolute atomic E-state index is 0.000295. The number of hydrogen-bond donors (Lipinski definition) is 1. The highest BCUT2D eigenvalue weighted by molar-refractivity contribution is 7.90. The molecule has 0 amide bonds. The topological polar surface area (TPSA) is 99.0 Å². The number of benzene rings is 1. The van der Waals surface area contributed by atoms with Gasteiger partial charge in [-0.25, -0.2) is 31.7 Å². The number of aryl methyl sites for hydroxylation is 1. The van der Waals surface area contributed by atoms with Gasteiger partial charge in [0.15, 0.2) is 23.1 Å². The Hall–Kier alpha value is -3.08. The summed E-state index contributed by atoms with van der Waals surface area (Å²) in [5, 5.41) is 3.94. The van der Waals surface area contributed by atoms with Crippen molar-refractivity contribution >= 4 is 38.5 Å². The standard InChI is InChI=1S/C25H25ClFN5O3S/c1-15-6-8-19(9-7-15)36(33,34)32-14-21(20-10-16(26)12-29-25(20)32)23-28-13-22(27)24(31-23)30-17-4-3-5-18(11-17)35-2/h6-10,12-14,17-18H,3-5,11H2,1-2H3,(H,28,30,31). The van der Waals surface area contributed by atoms with Crippen molar-refractivity contribution in [3.8, 4) is 11.4 Å². The molecule has 0 aliphatic heterocycles. The zero-order valence-corrected chi connectivity index (χ0v) is 21.4. The van der Waals surface area contributed by atoms with Crippen LogP contribution in [0.4, 0.5) is 10.2 Å². The van der Waals surface area contributed by atoms with E-state index in [1.165, 1.54) is 12.4 Å². The van der Waals surface area contributed by atoms with Crippen molar-refractivity contribution in [3.63, 3.8) is 0 Å². The van der Waals surface area contributed by atoms with Crippen LogP contribution in [0, 0.1) is 12.7 Å². The van der Waals surface area contributed by atoms with Crippen LogP contribution in [0.1, 0.15) is 31.2 Å². The molecule has 2 unspecified atom stereocenters. The Morgan fingerprint density at radius 2 is 1.94 bits per heavy atom. The SMILES string of the molecule is COC1CCCC(Nc2nc(-c3cn(S(=O)(=O)c4ccc(C)cc4)c4ncc(Cl)cc34)ncc2F)C1. The third-order valence-electron chi connectivity index (χ3n) is 6.44. The van der Waals surface area contributed by atoms with E-state index in [0.29, 0.717) is 16.0 Å². The summed E-state index contributed by atoms with van der Waals surface area (Å²) in [4.78, 5) is 13.0. The summed E-state index contributed by atoms with van der Waals surface area (Å²) >= 11 is 6.20. The molecule has 1 aromatic carbocycles. The second-order valence-corrected chi connectivity index (χ2v) is 11.2. The monoisotopic (exact) mass is 529 g/mol. The largest absolute Gasteiger partial charge is 0.381 e. The van der Waals surface area contributed by atoms with Gasteiger partial charge in [-0.3, -0.25) is 0 Å². The van der Waals surface area contributed by atoms with E-state index in [-0.39, 0.29) is 34.3 Å². The minimum Gasteiger partial charge on any atom is -0.381 e. The quantitative estimate of drug-likeness (QED) is 0.366. The maximum absolute atomic E-state index is 14.7. The lowest BCUT2D eigenvalue weighted by atomic mass is 9.93. The molecule has 11 heteroatoms. The predicted molar refractivity (Wildman–Crippen MR) is 136 cm³/mol. The fraction of sp³-hybridized carbons (Fsp3) is 0.320. The van der Waals surface area contributed by atoms with Crippen molar-refractivity contribution in [3.05, 3.63) is 65.3 Å². The zero-order chi connectivity index (χ0) is 25.4. The van der Waals surface area contributed by atoms with Crippen LogP contribution in [0.5, 0.6) is 0 Å². The maximum atomic E-state index is 14.7. The number of hydrogen-bond acceptors (Lipinski definition) is 7. The molecule has 1 N–H and O–H groups in total. The summed E-state index contributed by atoms with van der Waals surface area (Å²) in [6.07, 6.45) is 7.51. The molecule has 4 aromatic rings. The summed E-state index contributed by atoms with van der Waals surface area (Å²) < 4.78 is 48.2. The van der Waals surface area contributed by atoms with Gasteiger partial charge in [-0.1, -0.05) is 29.3 Å². The van der Waals surface area contributed by atoms with Crippen LogP contribution in [-0.2, 0) is 14.8 Å². The Morgan fingerprint density at radius 3 is 2.69 bits per heavy atom. The Balaban J connectivity index is 1.59. The Morgan fingerprint density at radius 1 is 1.17 bits per heavy atom. The van der Waals surface area contributed by atoms with Gasteiger partial charge >= 0.3 is 0 Å². The van der Waals surface area contributed by atoms with Gasteiger partial charge < -0.3 is 10.1 Å². The first-order valence-corrected chi connectivity index (χ1v) is 13.4. The fourth-order valence-electron chi connectivity index (χ4n) is 4.52. The van der Waals surface area contributed by atoms with Crippen molar-refractivity contribution in [1.82, 2.24) is 18.9 Å². The van der Waals surface area contributed by atoms with Crippen molar-refractivity contribution in [1.29, 1.82) is 0 Å². The summed E-state index contributed by atoms with van der Waals surface area (Å²) in [7, 11) is -2.30. The molecule has 0 radical (unpaired) electrons. The van der Waals surface area contributed by atoms with Crippen LogP contribution in [0.25, 0.3) is 22.4 Å². The molecule has 1 aliphatic rings. The highest BCUT2D eigenvalue weighted by Gasteiger charge is 2.26. The number of nitrogens with one attached hydrogen (secondary N) is 1. The molecule has 3 heterocycles. The summed E-state index contributed by atoms with van der Waals surface area (Å²) in [5.74, 6) is -0.380. The maximum Gasteiger partial charge on any atom is 0.269 e. The lowest BCUT2D eigenvalue weighted by Crippen LogP contribution is -2.31. The van der Waals surface area contributed by atoms with E-state index in [0.717, 1.165) is 41.4 Å². The van der Waals surface area contributed by atoms with Crippen molar-refractivity contribution < 1.29 is 17.5 Å². The Labute approximate surface area is 213 Å². The van der Waals surface area contributed by atoms with E-state index in [9.17, 15) is 12.8 Å². The van der Waals surface area contributed by atoms with Crippen LogP contribution < -0.4 is 5.32 Å². The number of rotatable bonds is 6.